The first-order valence-electron chi connectivity index (χ1n) is 16.0. The third kappa shape index (κ3) is 8.39. The standard InChI is InChI=1S/C36H48N2O7/c1-23(2)7-6-18-45-32-21-25(19-30(42)35(32)43)10-13-29(41)34(28(40)12-9-24-8-11-27(39)31(20-24)44-3)36(15-4-5-16-36)26-14-17-38-33(37)22-26/h8,11,14,17,19-23,28,34,39-40,42-43H,4-7,9-10,12-13,15-16,18H2,1-3H3,(H2,37,38). The number of carbonyl (C=O) groups is 1. The Labute approximate surface area is 266 Å². The molecular weight excluding hydrogens is 572 g/mol. The molecule has 1 aromatic heterocycles. The van der Waals surface area contributed by atoms with Gasteiger partial charge in [-0.3, -0.25) is 4.79 Å². The minimum atomic E-state index is -0.946. The van der Waals surface area contributed by atoms with Gasteiger partial charge in [-0.25, -0.2) is 4.98 Å². The molecule has 6 N–H and O–H groups in total. The molecule has 3 aromatic rings. The molecule has 9 nitrogen and oxygen atoms in total. The number of nitrogens with zero attached hydrogens (tertiary/aromatic N) is 1. The number of nitrogen functional groups attached to an aromatic ring is 1. The Morgan fingerprint density at radius 3 is 2.38 bits per heavy atom. The van der Waals surface area contributed by atoms with E-state index < -0.39 is 17.4 Å². The van der Waals surface area contributed by atoms with Crippen molar-refractivity contribution < 1.29 is 34.7 Å². The number of pyridine rings is 1. The molecule has 45 heavy (non-hydrogen) atoms. The quantitative estimate of drug-likeness (QED) is 0.0926. The van der Waals surface area contributed by atoms with Gasteiger partial charge >= 0.3 is 0 Å². The van der Waals surface area contributed by atoms with Gasteiger partial charge in [0.15, 0.2) is 23.0 Å². The summed E-state index contributed by atoms with van der Waals surface area (Å²) in [5.41, 5.74) is 7.96. The molecule has 0 radical (unpaired) electrons. The van der Waals surface area contributed by atoms with Crippen molar-refractivity contribution in [2.24, 2.45) is 11.8 Å². The number of methoxy groups -OCH3 is 1. The second-order valence-electron chi connectivity index (χ2n) is 12.7. The number of ketones is 1. The maximum atomic E-state index is 14.3. The van der Waals surface area contributed by atoms with Crippen LogP contribution < -0.4 is 15.2 Å². The van der Waals surface area contributed by atoms with Crippen LogP contribution in [0.5, 0.6) is 28.7 Å². The number of aryl methyl sites for hydroxylation is 2. The van der Waals surface area contributed by atoms with Crippen molar-refractivity contribution in [3.8, 4) is 28.7 Å². The molecule has 4 rings (SSSR count). The maximum absolute atomic E-state index is 14.3. The number of nitrogens with two attached hydrogens (primary N) is 1. The van der Waals surface area contributed by atoms with E-state index in [0.29, 0.717) is 48.9 Å². The Kier molecular flexibility index (Phi) is 11.6. The van der Waals surface area contributed by atoms with Crippen molar-refractivity contribution in [3.05, 3.63) is 65.4 Å². The molecule has 0 amide bonds. The minimum Gasteiger partial charge on any atom is -0.504 e. The average molecular weight is 621 g/mol. The number of aliphatic hydroxyl groups excluding tert-OH is 1. The first-order chi connectivity index (χ1) is 21.5. The zero-order chi connectivity index (χ0) is 32.6. The normalized spacial score (nSPS) is 15.6. The number of phenols is 3. The lowest BCUT2D eigenvalue weighted by molar-refractivity contribution is -0.130. The van der Waals surface area contributed by atoms with E-state index in [1.807, 2.05) is 12.1 Å². The molecule has 1 aliphatic rings. The molecule has 0 saturated heterocycles. The van der Waals surface area contributed by atoms with Gasteiger partial charge in [0.05, 0.1) is 25.7 Å². The molecule has 2 unspecified atom stereocenters. The van der Waals surface area contributed by atoms with Crippen molar-refractivity contribution in [3.63, 3.8) is 0 Å². The fourth-order valence-electron chi connectivity index (χ4n) is 6.79. The predicted octanol–water partition coefficient (Wildman–Crippen LogP) is 6.23. The first-order valence-corrected chi connectivity index (χ1v) is 16.0. The van der Waals surface area contributed by atoms with Gasteiger partial charge in [-0.1, -0.05) is 32.8 Å². The molecule has 1 fully saturated rings. The van der Waals surface area contributed by atoms with E-state index >= 15 is 0 Å². The highest BCUT2D eigenvalue weighted by Crippen LogP contribution is 2.49. The lowest BCUT2D eigenvalue weighted by Gasteiger charge is -2.40. The molecule has 1 heterocycles. The van der Waals surface area contributed by atoms with Gasteiger partial charge < -0.3 is 35.6 Å². The van der Waals surface area contributed by atoms with E-state index in [1.54, 1.807) is 30.5 Å². The maximum Gasteiger partial charge on any atom is 0.200 e. The molecule has 244 valence electrons. The van der Waals surface area contributed by atoms with Gasteiger partial charge in [-0.2, -0.15) is 0 Å². The Balaban J connectivity index is 1.58. The van der Waals surface area contributed by atoms with E-state index in [9.17, 15) is 25.2 Å². The second-order valence-corrected chi connectivity index (χ2v) is 12.7. The lowest BCUT2D eigenvalue weighted by Crippen LogP contribution is -2.45. The molecule has 2 aromatic carbocycles. The largest absolute Gasteiger partial charge is 0.504 e. The molecular formula is C36H48N2O7. The monoisotopic (exact) mass is 620 g/mol. The van der Waals surface area contributed by atoms with Crippen LogP contribution in [-0.2, 0) is 23.1 Å². The van der Waals surface area contributed by atoms with Crippen LogP contribution in [-0.4, -0.2) is 51.0 Å². The van der Waals surface area contributed by atoms with Crippen LogP contribution in [0.4, 0.5) is 5.82 Å². The van der Waals surface area contributed by atoms with Crippen LogP contribution in [0.2, 0.25) is 0 Å². The lowest BCUT2D eigenvalue weighted by atomic mass is 9.64. The third-order valence-corrected chi connectivity index (χ3v) is 9.11. The predicted molar refractivity (Wildman–Crippen MR) is 174 cm³/mol. The number of Topliss-reactive ketones (excluding diaryl/α,β-unsaturated/α-hetero) is 1. The van der Waals surface area contributed by atoms with E-state index in [0.717, 1.165) is 49.7 Å². The fourth-order valence-corrected chi connectivity index (χ4v) is 6.79. The third-order valence-electron chi connectivity index (χ3n) is 9.11. The Morgan fingerprint density at radius 2 is 1.69 bits per heavy atom. The molecule has 0 spiro atoms. The molecule has 9 heteroatoms. The molecule has 2 atom stereocenters. The molecule has 1 saturated carbocycles. The highest BCUT2D eigenvalue weighted by Gasteiger charge is 2.49. The molecule has 1 aliphatic carbocycles. The highest BCUT2D eigenvalue weighted by molar-refractivity contribution is 5.84. The number of phenolic OH excluding ortho intramolecular Hbond substituents is 3. The second kappa shape index (κ2) is 15.3. The van der Waals surface area contributed by atoms with E-state index in [1.165, 1.54) is 13.2 Å². The number of ether oxygens (including phenoxy) is 2. The number of hydrogen-bond donors (Lipinski definition) is 5. The van der Waals surface area contributed by atoms with E-state index in [4.69, 9.17) is 15.2 Å². The van der Waals surface area contributed by atoms with Gasteiger partial charge in [0.25, 0.3) is 0 Å². The van der Waals surface area contributed by atoms with Crippen molar-refractivity contribution in [1.82, 2.24) is 4.98 Å². The summed E-state index contributed by atoms with van der Waals surface area (Å²) in [6.45, 7) is 4.68. The van der Waals surface area contributed by atoms with Crippen molar-refractivity contribution in [2.45, 2.75) is 89.6 Å². The Bertz CT molecular complexity index is 1430. The smallest absolute Gasteiger partial charge is 0.200 e. The Morgan fingerprint density at radius 1 is 0.956 bits per heavy atom. The number of carbonyl (C=O) groups excluding carboxylic acids is 1. The topological polar surface area (TPSA) is 155 Å². The van der Waals surface area contributed by atoms with Crippen molar-refractivity contribution in [1.29, 1.82) is 0 Å². The average Bonchev–Trinajstić information content (AvgIpc) is 3.50. The summed E-state index contributed by atoms with van der Waals surface area (Å²) in [6, 6.07) is 12.0. The summed E-state index contributed by atoms with van der Waals surface area (Å²) < 4.78 is 11.0. The number of hydrogen-bond acceptors (Lipinski definition) is 9. The van der Waals surface area contributed by atoms with Gasteiger partial charge in [0.2, 0.25) is 5.75 Å². The van der Waals surface area contributed by atoms with Crippen molar-refractivity contribution in [2.75, 3.05) is 19.5 Å². The summed E-state index contributed by atoms with van der Waals surface area (Å²) in [4.78, 5) is 18.4. The van der Waals surface area contributed by atoms with Crippen molar-refractivity contribution >= 4 is 11.6 Å². The summed E-state index contributed by atoms with van der Waals surface area (Å²) in [6.07, 6.45) is 7.11. The number of rotatable bonds is 16. The highest BCUT2D eigenvalue weighted by atomic mass is 16.5. The zero-order valence-corrected chi connectivity index (χ0v) is 26.7. The van der Waals surface area contributed by atoms with Crippen LogP contribution in [0.3, 0.4) is 0 Å². The zero-order valence-electron chi connectivity index (χ0n) is 26.7. The van der Waals surface area contributed by atoms with E-state index in [2.05, 4.69) is 18.8 Å². The van der Waals surface area contributed by atoms with Crippen LogP contribution in [0, 0.1) is 11.8 Å². The number of anilines is 1. The summed E-state index contributed by atoms with van der Waals surface area (Å²) in [5, 5.41) is 42.6. The minimum absolute atomic E-state index is 0.0411. The van der Waals surface area contributed by atoms with Gasteiger partial charge in [0, 0.05) is 18.0 Å². The van der Waals surface area contributed by atoms with Gasteiger partial charge in [0.1, 0.15) is 11.6 Å². The molecule has 0 bridgehead atoms. The van der Waals surface area contributed by atoms with Crippen LogP contribution in [0.15, 0.2) is 48.7 Å². The van der Waals surface area contributed by atoms with Crippen LogP contribution in [0.1, 0.15) is 81.9 Å². The first kappa shape index (κ1) is 33.9. The van der Waals surface area contributed by atoms with Gasteiger partial charge in [-0.05, 0) is 104 Å². The number of aromatic nitrogens is 1. The fraction of sp³-hybridized carbons (Fsp3) is 0.500. The summed E-state index contributed by atoms with van der Waals surface area (Å²) in [5.74, 6) is 0.125. The van der Waals surface area contributed by atoms with E-state index in [-0.39, 0.29) is 35.2 Å². The van der Waals surface area contributed by atoms with Gasteiger partial charge in [-0.15, -0.1) is 0 Å². The molecule has 0 aliphatic heterocycles. The number of aliphatic hydroxyl groups is 1. The summed E-state index contributed by atoms with van der Waals surface area (Å²) in [7, 11) is 1.49. The SMILES string of the molecule is COc1cc(CCC(O)C(C(=O)CCc2cc(O)c(O)c(OCCCC(C)C)c2)C2(c3ccnc(N)c3)CCCC2)ccc1O. The number of aromatic hydroxyl groups is 3. The summed E-state index contributed by atoms with van der Waals surface area (Å²) >= 11 is 0. The Hall–Kier alpha value is -3.98. The number of benzene rings is 2. The van der Waals surface area contributed by atoms with Crippen LogP contribution >= 0.6 is 0 Å². The van der Waals surface area contributed by atoms with Crippen LogP contribution in [0.25, 0.3) is 0 Å².